The van der Waals surface area contributed by atoms with Gasteiger partial charge in [-0.25, -0.2) is 14.4 Å². The Hall–Kier alpha value is -3.58. The number of anilines is 1. The van der Waals surface area contributed by atoms with Crippen molar-refractivity contribution in [3.8, 4) is 22.2 Å². The summed E-state index contributed by atoms with van der Waals surface area (Å²) < 4.78 is 18.9. The molecule has 4 rings (SSSR count). The van der Waals surface area contributed by atoms with E-state index in [0.717, 1.165) is 10.4 Å². The SMILES string of the molecule is O=C(Nc1cnc(Oc2ccccc2F)nc1)c1ccc(-c2cccs2)cc1. The smallest absolute Gasteiger partial charge is 0.322 e. The number of benzene rings is 2. The Kier molecular flexibility index (Phi) is 5.07. The van der Waals surface area contributed by atoms with Gasteiger partial charge < -0.3 is 10.1 Å². The highest BCUT2D eigenvalue weighted by Crippen LogP contribution is 2.25. The number of halogens is 1. The van der Waals surface area contributed by atoms with Gasteiger partial charge in [-0.2, -0.15) is 0 Å². The molecule has 28 heavy (non-hydrogen) atoms. The van der Waals surface area contributed by atoms with Crippen molar-refractivity contribution in [3.05, 3.63) is 89.8 Å². The van der Waals surface area contributed by atoms with Crippen molar-refractivity contribution in [3.63, 3.8) is 0 Å². The quantitative estimate of drug-likeness (QED) is 0.495. The summed E-state index contributed by atoms with van der Waals surface area (Å²) in [5.41, 5.74) is 1.99. The Morgan fingerprint density at radius 3 is 2.39 bits per heavy atom. The molecule has 0 spiro atoms. The molecular weight excluding hydrogens is 377 g/mol. The highest BCUT2D eigenvalue weighted by Gasteiger charge is 2.09. The number of nitrogens with zero attached hydrogens (tertiary/aromatic N) is 2. The Morgan fingerprint density at radius 1 is 0.964 bits per heavy atom. The van der Waals surface area contributed by atoms with E-state index in [1.165, 1.54) is 24.5 Å². The van der Waals surface area contributed by atoms with Crippen LogP contribution in [0.2, 0.25) is 0 Å². The van der Waals surface area contributed by atoms with Gasteiger partial charge in [0, 0.05) is 10.4 Å². The lowest BCUT2D eigenvalue weighted by molar-refractivity contribution is 0.102. The van der Waals surface area contributed by atoms with Crippen molar-refractivity contribution < 1.29 is 13.9 Å². The van der Waals surface area contributed by atoms with Gasteiger partial charge in [0.1, 0.15) is 0 Å². The number of thiophene rings is 1. The molecule has 2 aromatic heterocycles. The molecule has 0 aliphatic carbocycles. The van der Waals surface area contributed by atoms with E-state index in [2.05, 4.69) is 15.3 Å². The third kappa shape index (κ3) is 4.05. The largest absolute Gasteiger partial charge is 0.421 e. The van der Waals surface area contributed by atoms with Crippen molar-refractivity contribution >= 4 is 22.9 Å². The van der Waals surface area contributed by atoms with E-state index < -0.39 is 5.82 Å². The van der Waals surface area contributed by atoms with Gasteiger partial charge in [0.25, 0.3) is 5.91 Å². The summed E-state index contributed by atoms with van der Waals surface area (Å²) in [6.45, 7) is 0. The number of carbonyl (C=O) groups is 1. The second-order valence-electron chi connectivity index (χ2n) is 5.80. The molecule has 2 heterocycles. The molecule has 0 saturated carbocycles. The van der Waals surface area contributed by atoms with Crippen molar-refractivity contribution in [1.29, 1.82) is 0 Å². The van der Waals surface area contributed by atoms with Gasteiger partial charge >= 0.3 is 6.01 Å². The monoisotopic (exact) mass is 391 g/mol. The van der Waals surface area contributed by atoms with Crippen LogP contribution in [0.4, 0.5) is 10.1 Å². The first-order chi connectivity index (χ1) is 13.7. The lowest BCUT2D eigenvalue weighted by atomic mass is 10.1. The van der Waals surface area contributed by atoms with Gasteiger partial charge in [0.05, 0.1) is 18.1 Å². The highest BCUT2D eigenvalue weighted by atomic mass is 32.1. The van der Waals surface area contributed by atoms with Gasteiger partial charge in [-0.15, -0.1) is 11.3 Å². The van der Waals surface area contributed by atoms with Crippen LogP contribution >= 0.6 is 11.3 Å². The third-order valence-corrected chi connectivity index (χ3v) is 4.80. The Labute approximate surface area is 164 Å². The Bertz CT molecular complexity index is 1080. The van der Waals surface area contributed by atoms with E-state index in [-0.39, 0.29) is 17.7 Å². The van der Waals surface area contributed by atoms with Crippen LogP contribution in [0.3, 0.4) is 0 Å². The molecule has 0 radical (unpaired) electrons. The summed E-state index contributed by atoms with van der Waals surface area (Å²) in [4.78, 5) is 21.5. The molecule has 0 atom stereocenters. The number of rotatable bonds is 5. The number of hydrogen-bond donors (Lipinski definition) is 1. The molecule has 0 unspecified atom stereocenters. The molecule has 7 heteroatoms. The summed E-state index contributed by atoms with van der Waals surface area (Å²) in [6.07, 6.45) is 2.81. The van der Waals surface area contributed by atoms with E-state index in [1.54, 1.807) is 35.6 Å². The predicted octanol–water partition coefficient (Wildman–Crippen LogP) is 5.39. The number of ether oxygens (including phenoxy) is 1. The van der Waals surface area contributed by atoms with Crippen molar-refractivity contribution in [2.75, 3.05) is 5.32 Å². The molecule has 5 nitrogen and oxygen atoms in total. The van der Waals surface area contributed by atoms with Gasteiger partial charge in [-0.05, 0) is 41.3 Å². The van der Waals surface area contributed by atoms with Crippen molar-refractivity contribution in [1.82, 2.24) is 9.97 Å². The summed E-state index contributed by atoms with van der Waals surface area (Å²) in [5.74, 6) is -0.747. The first-order valence-electron chi connectivity index (χ1n) is 8.39. The van der Waals surface area contributed by atoms with Gasteiger partial charge in [-0.3, -0.25) is 4.79 Å². The molecule has 0 fully saturated rings. The fraction of sp³-hybridized carbons (Fsp3) is 0. The Balaban J connectivity index is 1.41. The molecule has 1 amide bonds. The van der Waals surface area contributed by atoms with Crippen molar-refractivity contribution in [2.24, 2.45) is 0 Å². The summed E-state index contributed by atoms with van der Waals surface area (Å²) >= 11 is 1.64. The second kappa shape index (κ2) is 7.98. The second-order valence-corrected chi connectivity index (χ2v) is 6.74. The van der Waals surface area contributed by atoms with Crippen LogP contribution in [0, 0.1) is 5.82 Å². The number of aromatic nitrogens is 2. The van der Waals surface area contributed by atoms with Crippen LogP contribution in [-0.2, 0) is 0 Å². The average Bonchev–Trinajstić information content (AvgIpc) is 3.26. The lowest BCUT2D eigenvalue weighted by Crippen LogP contribution is -2.12. The maximum absolute atomic E-state index is 13.6. The normalized spacial score (nSPS) is 10.5. The van der Waals surface area contributed by atoms with E-state index in [4.69, 9.17) is 4.74 Å². The predicted molar refractivity (Wildman–Crippen MR) is 106 cm³/mol. The van der Waals surface area contributed by atoms with Crippen LogP contribution in [-0.4, -0.2) is 15.9 Å². The van der Waals surface area contributed by atoms with Crippen LogP contribution in [0.25, 0.3) is 10.4 Å². The summed E-state index contributed by atoms with van der Waals surface area (Å²) in [6, 6.07) is 17.3. The molecule has 0 saturated heterocycles. The van der Waals surface area contributed by atoms with E-state index in [1.807, 2.05) is 29.6 Å². The topological polar surface area (TPSA) is 64.1 Å². The molecule has 1 N–H and O–H groups in total. The number of nitrogens with one attached hydrogen (secondary N) is 1. The van der Waals surface area contributed by atoms with Crippen molar-refractivity contribution in [2.45, 2.75) is 0 Å². The highest BCUT2D eigenvalue weighted by molar-refractivity contribution is 7.13. The summed E-state index contributed by atoms with van der Waals surface area (Å²) in [7, 11) is 0. The van der Waals surface area contributed by atoms with Gasteiger partial charge in [0.2, 0.25) is 0 Å². The van der Waals surface area contributed by atoms with E-state index >= 15 is 0 Å². The first-order valence-corrected chi connectivity index (χ1v) is 9.27. The third-order valence-electron chi connectivity index (χ3n) is 3.88. The zero-order valence-electron chi connectivity index (χ0n) is 14.5. The standard InChI is InChI=1S/C21H14FN3O2S/c22-17-4-1-2-5-18(17)27-21-23-12-16(13-24-21)25-20(26)15-9-7-14(8-10-15)19-6-3-11-28-19/h1-13H,(H,25,26). The fourth-order valence-electron chi connectivity index (χ4n) is 2.49. The molecule has 138 valence electrons. The van der Waals surface area contributed by atoms with E-state index in [9.17, 15) is 9.18 Å². The zero-order valence-corrected chi connectivity index (χ0v) is 15.3. The molecule has 0 aliphatic heterocycles. The minimum atomic E-state index is -0.505. The van der Waals surface area contributed by atoms with Gasteiger partial charge in [-0.1, -0.05) is 30.3 Å². The molecule has 0 bridgehead atoms. The minimum absolute atomic E-state index is 0.0107. The fourth-order valence-corrected chi connectivity index (χ4v) is 3.22. The maximum atomic E-state index is 13.6. The number of amides is 1. The summed E-state index contributed by atoms with van der Waals surface area (Å²) in [5, 5.41) is 4.73. The van der Waals surface area contributed by atoms with Crippen LogP contribution < -0.4 is 10.1 Å². The van der Waals surface area contributed by atoms with Crippen LogP contribution in [0.5, 0.6) is 11.8 Å². The first kappa shape index (κ1) is 17.8. The molecule has 0 aliphatic rings. The number of hydrogen-bond acceptors (Lipinski definition) is 5. The minimum Gasteiger partial charge on any atom is -0.421 e. The van der Waals surface area contributed by atoms with Crippen LogP contribution in [0.15, 0.2) is 78.4 Å². The van der Waals surface area contributed by atoms with Crippen LogP contribution in [0.1, 0.15) is 10.4 Å². The number of carbonyl (C=O) groups excluding carboxylic acids is 1. The maximum Gasteiger partial charge on any atom is 0.322 e. The average molecular weight is 391 g/mol. The lowest BCUT2D eigenvalue weighted by Gasteiger charge is -2.07. The van der Waals surface area contributed by atoms with Gasteiger partial charge in [0.15, 0.2) is 11.6 Å². The molecule has 4 aromatic rings. The zero-order chi connectivity index (χ0) is 19.3. The molecular formula is C21H14FN3O2S. The number of para-hydroxylation sites is 1. The Morgan fingerprint density at radius 2 is 1.71 bits per heavy atom. The molecule has 2 aromatic carbocycles. The van der Waals surface area contributed by atoms with E-state index in [0.29, 0.717) is 11.3 Å².